The highest BCUT2D eigenvalue weighted by Crippen LogP contribution is 2.36. The molecule has 0 fully saturated rings. The summed E-state index contributed by atoms with van der Waals surface area (Å²) in [5, 5.41) is 0. The van der Waals surface area contributed by atoms with E-state index in [2.05, 4.69) is 15.9 Å². The van der Waals surface area contributed by atoms with Crippen LogP contribution in [0.2, 0.25) is 0 Å². The second kappa shape index (κ2) is 8.65. The number of ketones is 1. The number of hydrogen-bond acceptors (Lipinski definition) is 6. The Kier molecular flexibility index (Phi) is 5.77. The van der Waals surface area contributed by atoms with Crippen molar-refractivity contribution in [2.75, 3.05) is 14.2 Å². The molecule has 6 nitrogen and oxygen atoms in total. The third kappa shape index (κ3) is 4.32. The van der Waals surface area contributed by atoms with Gasteiger partial charge in [0, 0.05) is 16.1 Å². The third-order valence-corrected chi connectivity index (χ3v) is 5.13. The fraction of sp³-hybridized carbons (Fsp3) is 0.0833. The number of hydrogen-bond donors (Lipinski definition) is 0. The monoisotopic (exact) mass is 480 g/mol. The number of allylic oxidation sites excluding steroid dienone is 1. The van der Waals surface area contributed by atoms with Crippen molar-refractivity contribution in [2.24, 2.45) is 0 Å². The van der Waals surface area contributed by atoms with Gasteiger partial charge in [-0.2, -0.15) is 0 Å². The Morgan fingerprint density at radius 3 is 2.58 bits per heavy atom. The molecule has 0 aromatic heterocycles. The highest BCUT2D eigenvalue weighted by molar-refractivity contribution is 9.10. The summed E-state index contributed by atoms with van der Waals surface area (Å²) in [5.41, 5.74) is 1.43. The van der Waals surface area contributed by atoms with Crippen molar-refractivity contribution >= 4 is 33.8 Å². The van der Waals surface area contributed by atoms with E-state index in [9.17, 15) is 9.59 Å². The first-order valence-electron chi connectivity index (χ1n) is 9.26. The number of benzene rings is 3. The van der Waals surface area contributed by atoms with Gasteiger partial charge in [-0.1, -0.05) is 22.0 Å². The standard InChI is InChI=1S/C24H17BrO6/c1-28-17-5-3-4-14(11-17)24(27)30-18-7-8-19-21(13-18)31-22(23(19)26)12-15-10-16(25)6-9-20(15)29-2/h3-13H,1-2H3. The maximum absolute atomic E-state index is 12.7. The summed E-state index contributed by atoms with van der Waals surface area (Å²) in [7, 11) is 3.08. The molecule has 0 amide bonds. The lowest BCUT2D eigenvalue weighted by atomic mass is 10.1. The first kappa shape index (κ1) is 20.7. The summed E-state index contributed by atoms with van der Waals surface area (Å²) >= 11 is 3.41. The Hall–Kier alpha value is -3.58. The minimum Gasteiger partial charge on any atom is -0.497 e. The van der Waals surface area contributed by atoms with Crippen molar-refractivity contribution in [3.63, 3.8) is 0 Å². The quantitative estimate of drug-likeness (QED) is 0.280. The summed E-state index contributed by atoms with van der Waals surface area (Å²) in [5.74, 6) is 1.09. The van der Waals surface area contributed by atoms with Crippen LogP contribution in [-0.4, -0.2) is 26.0 Å². The summed E-state index contributed by atoms with van der Waals surface area (Å²) in [6.07, 6.45) is 1.62. The van der Waals surface area contributed by atoms with Gasteiger partial charge in [-0.05, 0) is 54.6 Å². The van der Waals surface area contributed by atoms with Gasteiger partial charge in [0.1, 0.15) is 23.0 Å². The molecule has 0 bridgehead atoms. The molecule has 1 aliphatic rings. The number of methoxy groups -OCH3 is 2. The van der Waals surface area contributed by atoms with E-state index in [0.29, 0.717) is 33.9 Å². The SMILES string of the molecule is COc1cccc(C(=O)Oc2ccc3c(c2)OC(=Cc2cc(Br)ccc2OC)C3=O)c1. The predicted octanol–water partition coefficient (Wildman–Crippen LogP) is 5.30. The Labute approximate surface area is 187 Å². The lowest BCUT2D eigenvalue weighted by Gasteiger charge is -2.07. The molecule has 3 aromatic carbocycles. The third-order valence-electron chi connectivity index (χ3n) is 4.64. The summed E-state index contributed by atoms with van der Waals surface area (Å²) in [6.45, 7) is 0. The molecule has 1 heterocycles. The molecule has 7 heteroatoms. The fourth-order valence-electron chi connectivity index (χ4n) is 3.11. The van der Waals surface area contributed by atoms with Crippen LogP contribution in [0.4, 0.5) is 0 Å². The molecule has 0 radical (unpaired) electrons. The lowest BCUT2D eigenvalue weighted by Crippen LogP contribution is -2.08. The first-order valence-corrected chi connectivity index (χ1v) is 10.1. The lowest BCUT2D eigenvalue weighted by molar-refractivity contribution is 0.0734. The van der Waals surface area contributed by atoms with Crippen LogP contribution >= 0.6 is 15.9 Å². The second-order valence-electron chi connectivity index (χ2n) is 6.61. The fourth-order valence-corrected chi connectivity index (χ4v) is 3.48. The zero-order valence-corrected chi connectivity index (χ0v) is 18.3. The average molecular weight is 481 g/mol. The van der Waals surface area contributed by atoms with E-state index in [0.717, 1.165) is 4.47 Å². The van der Waals surface area contributed by atoms with Gasteiger partial charge in [-0.15, -0.1) is 0 Å². The van der Waals surface area contributed by atoms with Crippen molar-refractivity contribution in [3.05, 3.63) is 87.6 Å². The molecule has 0 spiro atoms. The van der Waals surface area contributed by atoms with Crippen LogP contribution in [0.5, 0.6) is 23.0 Å². The smallest absolute Gasteiger partial charge is 0.343 e. The van der Waals surface area contributed by atoms with E-state index >= 15 is 0 Å². The van der Waals surface area contributed by atoms with Crippen molar-refractivity contribution in [3.8, 4) is 23.0 Å². The van der Waals surface area contributed by atoms with Crippen molar-refractivity contribution in [1.29, 1.82) is 0 Å². The largest absolute Gasteiger partial charge is 0.497 e. The van der Waals surface area contributed by atoms with E-state index in [4.69, 9.17) is 18.9 Å². The van der Waals surface area contributed by atoms with E-state index in [1.807, 2.05) is 12.1 Å². The van der Waals surface area contributed by atoms with Crippen LogP contribution in [-0.2, 0) is 0 Å². The highest BCUT2D eigenvalue weighted by atomic mass is 79.9. The van der Waals surface area contributed by atoms with E-state index in [1.165, 1.54) is 13.2 Å². The normalized spacial score (nSPS) is 13.5. The minimum atomic E-state index is -0.544. The van der Waals surface area contributed by atoms with Gasteiger partial charge in [0.25, 0.3) is 0 Å². The van der Waals surface area contributed by atoms with Gasteiger partial charge < -0.3 is 18.9 Å². The van der Waals surface area contributed by atoms with Gasteiger partial charge in [0.05, 0.1) is 25.3 Å². The Bertz CT molecular complexity index is 1210. The number of halogens is 1. The van der Waals surface area contributed by atoms with Gasteiger partial charge in [-0.25, -0.2) is 4.79 Å². The summed E-state index contributed by atoms with van der Waals surface area (Å²) in [6, 6.07) is 16.8. The molecule has 1 aliphatic heterocycles. The van der Waals surface area contributed by atoms with Crippen molar-refractivity contribution in [1.82, 2.24) is 0 Å². The number of ether oxygens (including phenoxy) is 4. The zero-order chi connectivity index (χ0) is 22.0. The number of Topliss-reactive ketones (excluding diaryl/α,β-unsaturated/α-hetero) is 1. The molecular formula is C24H17BrO6. The predicted molar refractivity (Wildman–Crippen MR) is 118 cm³/mol. The van der Waals surface area contributed by atoms with Gasteiger partial charge in [0.2, 0.25) is 5.78 Å². The van der Waals surface area contributed by atoms with Crippen molar-refractivity contribution < 1.29 is 28.5 Å². The van der Waals surface area contributed by atoms with Crippen LogP contribution in [0.1, 0.15) is 26.3 Å². The number of rotatable bonds is 5. The molecule has 0 saturated carbocycles. The first-order chi connectivity index (χ1) is 15.0. The molecule has 4 rings (SSSR count). The van der Waals surface area contributed by atoms with Crippen LogP contribution < -0.4 is 18.9 Å². The topological polar surface area (TPSA) is 71.1 Å². The van der Waals surface area contributed by atoms with Gasteiger partial charge in [-0.3, -0.25) is 4.79 Å². The van der Waals surface area contributed by atoms with Gasteiger partial charge in [0.15, 0.2) is 5.76 Å². The maximum Gasteiger partial charge on any atom is 0.343 e. The van der Waals surface area contributed by atoms with Crippen LogP contribution in [0.3, 0.4) is 0 Å². The van der Waals surface area contributed by atoms with Crippen LogP contribution in [0.25, 0.3) is 6.08 Å². The van der Waals surface area contributed by atoms with Gasteiger partial charge >= 0.3 is 5.97 Å². The van der Waals surface area contributed by atoms with E-state index in [-0.39, 0.29) is 17.3 Å². The number of carbonyl (C=O) groups is 2. The molecule has 3 aromatic rings. The molecule has 0 atom stereocenters. The van der Waals surface area contributed by atoms with Crippen LogP contribution in [0.15, 0.2) is 70.9 Å². The average Bonchev–Trinajstić information content (AvgIpc) is 3.08. The number of esters is 1. The zero-order valence-electron chi connectivity index (χ0n) is 16.7. The summed E-state index contributed by atoms with van der Waals surface area (Å²) in [4.78, 5) is 25.2. The molecule has 0 aliphatic carbocycles. The molecule has 156 valence electrons. The summed E-state index contributed by atoms with van der Waals surface area (Å²) < 4.78 is 22.5. The molecule has 31 heavy (non-hydrogen) atoms. The van der Waals surface area contributed by atoms with E-state index < -0.39 is 5.97 Å². The molecular weight excluding hydrogens is 464 g/mol. The maximum atomic E-state index is 12.7. The Balaban J connectivity index is 1.57. The molecule has 0 N–H and O–H groups in total. The number of carbonyl (C=O) groups excluding carboxylic acids is 2. The van der Waals surface area contributed by atoms with Crippen molar-refractivity contribution in [2.45, 2.75) is 0 Å². The van der Waals surface area contributed by atoms with E-state index in [1.54, 1.807) is 55.7 Å². The second-order valence-corrected chi connectivity index (χ2v) is 7.52. The molecule has 0 saturated heterocycles. The minimum absolute atomic E-state index is 0.155. The number of fused-ring (bicyclic) bond motifs is 1. The molecule has 0 unspecified atom stereocenters. The Morgan fingerprint density at radius 1 is 0.968 bits per heavy atom. The Morgan fingerprint density at radius 2 is 1.81 bits per heavy atom. The highest BCUT2D eigenvalue weighted by Gasteiger charge is 2.28. The van der Waals surface area contributed by atoms with Crippen LogP contribution in [0, 0.1) is 0 Å².